The zero-order valence-corrected chi connectivity index (χ0v) is 13.9. The minimum Gasteiger partial charge on any atom is -0.303 e. The van der Waals surface area contributed by atoms with E-state index in [9.17, 15) is 0 Å². The average Bonchev–Trinajstić information content (AvgIpc) is 2.90. The van der Waals surface area contributed by atoms with Crippen LogP contribution in [0.1, 0.15) is 53.2 Å². The Morgan fingerprint density at radius 2 is 1.65 bits per heavy atom. The van der Waals surface area contributed by atoms with Crippen LogP contribution in [0.3, 0.4) is 0 Å². The fourth-order valence-corrected chi connectivity index (χ4v) is 3.17. The summed E-state index contributed by atoms with van der Waals surface area (Å²) in [6, 6.07) is 16.6. The van der Waals surface area contributed by atoms with E-state index < -0.39 is 0 Å². The second-order valence-corrected chi connectivity index (χ2v) is 6.18. The Hall–Kier alpha value is -2.22. The lowest BCUT2D eigenvalue weighted by atomic mass is 10.0. The zero-order chi connectivity index (χ0) is 16.8. The summed E-state index contributed by atoms with van der Waals surface area (Å²) in [6.07, 6.45) is 2.67. The molecular weight excluding hydrogens is 286 g/mol. The van der Waals surface area contributed by atoms with Crippen molar-refractivity contribution in [3.05, 3.63) is 70.3 Å². The van der Waals surface area contributed by atoms with Gasteiger partial charge in [-0.1, -0.05) is 53.6 Å². The highest BCUT2D eigenvalue weighted by Crippen LogP contribution is 2.33. The molecule has 0 fully saturated rings. The molecule has 3 nitrogen and oxygen atoms in total. The van der Waals surface area contributed by atoms with E-state index in [1.807, 2.05) is 0 Å². The summed E-state index contributed by atoms with van der Waals surface area (Å²) in [5.74, 6) is 0. The van der Waals surface area contributed by atoms with Crippen molar-refractivity contribution in [1.82, 2.24) is 5.32 Å². The molecule has 0 heterocycles. The fourth-order valence-electron chi connectivity index (χ4n) is 3.17. The normalized spacial score (nSPS) is 16.7. The Balaban J connectivity index is 0.000000595. The Labute approximate surface area is 137 Å². The van der Waals surface area contributed by atoms with Gasteiger partial charge in [-0.2, -0.15) is 9.59 Å². The lowest BCUT2D eigenvalue weighted by molar-refractivity contribution is -0.191. The summed E-state index contributed by atoms with van der Waals surface area (Å²) in [7, 11) is 0. The number of hydrogen-bond donors (Lipinski definition) is 1. The first-order valence-corrected chi connectivity index (χ1v) is 7.96. The topological polar surface area (TPSA) is 46.2 Å². The van der Waals surface area contributed by atoms with Crippen LogP contribution >= 0.6 is 0 Å². The molecule has 1 N–H and O–H groups in total. The van der Waals surface area contributed by atoms with Gasteiger partial charge in [0.05, 0.1) is 0 Å². The van der Waals surface area contributed by atoms with E-state index >= 15 is 0 Å². The van der Waals surface area contributed by atoms with Crippen LogP contribution in [0.25, 0.3) is 0 Å². The maximum atomic E-state index is 8.12. The van der Waals surface area contributed by atoms with Crippen LogP contribution in [0.4, 0.5) is 0 Å². The molecule has 1 aliphatic carbocycles. The van der Waals surface area contributed by atoms with Gasteiger partial charge in [-0.25, -0.2) is 0 Å². The van der Waals surface area contributed by atoms with E-state index in [-0.39, 0.29) is 6.15 Å². The Morgan fingerprint density at radius 3 is 2.30 bits per heavy atom. The summed E-state index contributed by atoms with van der Waals surface area (Å²) >= 11 is 0. The predicted octanol–water partition coefficient (Wildman–Crippen LogP) is 4.06. The molecule has 0 amide bonds. The van der Waals surface area contributed by atoms with Gasteiger partial charge < -0.3 is 5.32 Å². The summed E-state index contributed by atoms with van der Waals surface area (Å²) in [5, 5.41) is 3.79. The highest BCUT2D eigenvalue weighted by Gasteiger charge is 2.23. The second-order valence-electron chi connectivity index (χ2n) is 6.18. The van der Waals surface area contributed by atoms with Crippen molar-refractivity contribution in [1.29, 1.82) is 0 Å². The van der Waals surface area contributed by atoms with Crippen molar-refractivity contribution in [3.63, 3.8) is 0 Å². The third-order valence-electron chi connectivity index (χ3n) is 4.40. The lowest BCUT2D eigenvalue weighted by Crippen LogP contribution is -2.23. The fraction of sp³-hybridized carbons (Fsp3) is 0.350. The molecule has 2 atom stereocenters. The largest absolute Gasteiger partial charge is 0.373 e. The minimum atomic E-state index is 0.250. The lowest BCUT2D eigenvalue weighted by Gasteiger charge is -2.21. The molecule has 3 heteroatoms. The number of benzene rings is 2. The van der Waals surface area contributed by atoms with Gasteiger partial charge in [0.2, 0.25) is 0 Å². The maximum Gasteiger partial charge on any atom is 0.373 e. The van der Waals surface area contributed by atoms with Crippen LogP contribution in [-0.4, -0.2) is 6.15 Å². The van der Waals surface area contributed by atoms with E-state index in [1.165, 1.54) is 40.7 Å². The number of rotatable bonds is 3. The third kappa shape index (κ3) is 4.38. The molecule has 2 aromatic rings. The first kappa shape index (κ1) is 17.1. The van der Waals surface area contributed by atoms with Crippen LogP contribution in [0.2, 0.25) is 0 Å². The molecule has 0 aromatic heterocycles. The van der Waals surface area contributed by atoms with Crippen LogP contribution in [0.15, 0.2) is 42.5 Å². The molecular formula is C20H23NO2. The molecule has 3 rings (SSSR count). The van der Waals surface area contributed by atoms with Crippen molar-refractivity contribution >= 4 is 6.15 Å². The van der Waals surface area contributed by atoms with Crippen LogP contribution in [0, 0.1) is 13.8 Å². The van der Waals surface area contributed by atoms with Crippen molar-refractivity contribution in [2.75, 3.05) is 0 Å². The Kier molecular flexibility index (Phi) is 5.86. The summed E-state index contributed by atoms with van der Waals surface area (Å²) in [5.41, 5.74) is 7.09. The van der Waals surface area contributed by atoms with E-state index in [4.69, 9.17) is 9.59 Å². The number of aryl methyl sites for hydroxylation is 3. The molecule has 0 unspecified atom stereocenters. The van der Waals surface area contributed by atoms with Gasteiger partial charge in [0.1, 0.15) is 0 Å². The first-order chi connectivity index (χ1) is 11.0. The minimum absolute atomic E-state index is 0.250. The van der Waals surface area contributed by atoms with E-state index in [2.05, 4.69) is 68.6 Å². The molecule has 0 saturated carbocycles. The number of carbonyl (C=O) groups excluding carboxylic acids is 2. The van der Waals surface area contributed by atoms with Gasteiger partial charge in [0.15, 0.2) is 0 Å². The first-order valence-electron chi connectivity index (χ1n) is 7.96. The monoisotopic (exact) mass is 309 g/mol. The molecule has 23 heavy (non-hydrogen) atoms. The average molecular weight is 309 g/mol. The SMILES string of the molecule is Cc1ccc([C@H](C)N[C@H]2CCc3cc(C)ccc32)cc1.O=C=O. The van der Waals surface area contributed by atoms with Crippen molar-refractivity contribution in [3.8, 4) is 0 Å². The molecule has 2 aromatic carbocycles. The van der Waals surface area contributed by atoms with Gasteiger partial charge in [-0.3, -0.25) is 0 Å². The van der Waals surface area contributed by atoms with Crippen molar-refractivity contribution in [2.45, 2.75) is 45.7 Å². The number of fused-ring (bicyclic) bond motifs is 1. The summed E-state index contributed by atoms with van der Waals surface area (Å²) in [4.78, 5) is 16.2. The van der Waals surface area contributed by atoms with Gasteiger partial charge in [0, 0.05) is 12.1 Å². The molecule has 0 saturated heterocycles. The highest BCUT2D eigenvalue weighted by molar-refractivity contribution is 5.38. The van der Waals surface area contributed by atoms with E-state index in [0.717, 1.165) is 0 Å². The van der Waals surface area contributed by atoms with Gasteiger partial charge >= 0.3 is 6.15 Å². The smallest absolute Gasteiger partial charge is 0.303 e. The molecule has 120 valence electrons. The zero-order valence-electron chi connectivity index (χ0n) is 13.9. The molecule has 1 aliphatic rings. The maximum absolute atomic E-state index is 8.12. The van der Waals surface area contributed by atoms with E-state index in [1.54, 1.807) is 0 Å². The summed E-state index contributed by atoms with van der Waals surface area (Å²) < 4.78 is 0. The standard InChI is InChI=1S/C19H23N.CO2/c1-13-4-7-16(8-5-13)15(3)20-19-11-9-17-12-14(2)6-10-18(17)19;2-1-3/h4-8,10,12,15,19-20H,9,11H2,1-3H3;/t15-,19-;/m0./s1. The predicted molar refractivity (Wildman–Crippen MR) is 90.0 cm³/mol. The highest BCUT2D eigenvalue weighted by atomic mass is 16.2. The molecule has 0 spiro atoms. The van der Waals surface area contributed by atoms with Crippen molar-refractivity contribution in [2.24, 2.45) is 0 Å². The summed E-state index contributed by atoms with van der Waals surface area (Å²) in [6.45, 7) is 6.57. The Morgan fingerprint density at radius 1 is 1.04 bits per heavy atom. The molecule has 0 radical (unpaired) electrons. The Bertz CT molecular complexity index is 685. The second kappa shape index (κ2) is 7.87. The molecule has 0 bridgehead atoms. The molecule has 0 aliphatic heterocycles. The van der Waals surface area contributed by atoms with Crippen LogP contribution in [-0.2, 0) is 16.0 Å². The van der Waals surface area contributed by atoms with Gasteiger partial charge in [-0.15, -0.1) is 0 Å². The third-order valence-corrected chi connectivity index (χ3v) is 4.40. The number of hydrogen-bond acceptors (Lipinski definition) is 3. The van der Waals surface area contributed by atoms with Crippen LogP contribution < -0.4 is 5.32 Å². The quantitative estimate of drug-likeness (QED) is 0.930. The van der Waals surface area contributed by atoms with E-state index in [0.29, 0.717) is 12.1 Å². The van der Waals surface area contributed by atoms with Crippen LogP contribution in [0.5, 0.6) is 0 Å². The van der Waals surface area contributed by atoms with Gasteiger partial charge in [-0.05, 0) is 50.3 Å². The van der Waals surface area contributed by atoms with Crippen molar-refractivity contribution < 1.29 is 9.59 Å². The number of nitrogens with one attached hydrogen (secondary N) is 1. The van der Waals surface area contributed by atoms with Gasteiger partial charge in [0.25, 0.3) is 0 Å².